The molecule has 0 aromatic heterocycles. The molecule has 7 N–H and O–H groups in total. The zero-order valence-corrected chi connectivity index (χ0v) is 20.8. The van der Waals surface area contributed by atoms with E-state index in [0.717, 1.165) is 0 Å². The predicted molar refractivity (Wildman–Crippen MR) is 127 cm³/mol. The second-order valence-electron chi connectivity index (χ2n) is 7.78. The Bertz CT molecular complexity index is 538. The zero-order chi connectivity index (χ0) is 24.4. The monoisotopic (exact) mass is 450 g/mol. The van der Waals surface area contributed by atoms with Gasteiger partial charge in [0.2, 0.25) is 0 Å². The average Bonchev–Trinajstić information content (AvgIpc) is 2.57. The number of carbonyl (C=O) groups excluding carboxylic acids is 2. The Balaban J connectivity index is -0.000000416. The van der Waals surface area contributed by atoms with Gasteiger partial charge in [-0.1, -0.05) is 0 Å². The summed E-state index contributed by atoms with van der Waals surface area (Å²) in [5.41, 5.74) is 14.1. The Hall–Kier alpha value is -1.69. The van der Waals surface area contributed by atoms with E-state index in [1.165, 1.54) is 11.8 Å². The van der Waals surface area contributed by atoms with E-state index < -0.39 is 23.4 Å². The van der Waals surface area contributed by atoms with Crippen LogP contribution in [0.15, 0.2) is 9.98 Å². The van der Waals surface area contributed by atoms with Gasteiger partial charge in [-0.2, -0.15) is 4.99 Å². The van der Waals surface area contributed by atoms with Gasteiger partial charge in [0.05, 0.1) is 11.6 Å². The normalized spacial score (nSPS) is 12.0. The van der Waals surface area contributed by atoms with Crippen LogP contribution in [0.3, 0.4) is 0 Å². The number of carbonyl (C=O) groups is 2. The van der Waals surface area contributed by atoms with Crippen LogP contribution >= 0.6 is 11.8 Å². The number of nitrogens with zero attached hydrogens (tertiary/aromatic N) is 2. The van der Waals surface area contributed by atoms with Crippen LogP contribution in [0.25, 0.3) is 0 Å². The summed E-state index contributed by atoms with van der Waals surface area (Å²) in [4.78, 5) is 29.9. The highest BCUT2D eigenvalue weighted by atomic mass is 32.2. The van der Waals surface area contributed by atoms with Crippen LogP contribution in [0.4, 0.5) is 9.59 Å². The Morgan fingerprint density at radius 1 is 0.900 bits per heavy atom. The molecule has 0 bridgehead atoms. The lowest BCUT2D eigenvalue weighted by Crippen LogP contribution is -2.35. The Kier molecular flexibility index (Phi) is 19.9. The minimum absolute atomic E-state index is 0.459. The van der Waals surface area contributed by atoms with Gasteiger partial charge in [-0.15, -0.1) is 11.8 Å². The van der Waals surface area contributed by atoms with Crippen molar-refractivity contribution in [1.29, 1.82) is 0 Å². The van der Waals surface area contributed by atoms with E-state index in [1.807, 2.05) is 27.0 Å². The Morgan fingerprint density at radius 2 is 1.37 bits per heavy atom. The van der Waals surface area contributed by atoms with Gasteiger partial charge >= 0.3 is 12.2 Å². The van der Waals surface area contributed by atoms with Crippen LogP contribution in [0.5, 0.6) is 0 Å². The van der Waals surface area contributed by atoms with Gasteiger partial charge in [-0.3, -0.25) is 10.3 Å². The summed E-state index contributed by atoms with van der Waals surface area (Å²) in [5.74, 6) is 0.518. The van der Waals surface area contributed by atoms with Crippen molar-refractivity contribution in [2.45, 2.75) is 66.6 Å². The van der Waals surface area contributed by atoms with Crippen LogP contribution in [0.1, 0.15) is 55.4 Å². The number of alkyl carbamates (subject to hydrolysis) is 1. The molecule has 0 spiro atoms. The second kappa shape index (κ2) is 18.1. The van der Waals surface area contributed by atoms with Gasteiger partial charge in [0.15, 0.2) is 0 Å². The maximum atomic E-state index is 11.2. The number of ether oxygens (including phenoxy) is 2. The molecule has 0 fully saturated rings. The summed E-state index contributed by atoms with van der Waals surface area (Å²) in [6, 6.07) is 0. The molecule has 0 radical (unpaired) electrons. The molecule has 0 unspecified atom stereocenters. The maximum Gasteiger partial charge on any atom is 0.434 e. The number of hydrogen-bond donors (Lipinski definition) is 4. The van der Waals surface area contributed by atoms with Gasteiger partial charge in [0.1, 0.15) is 17.0 Å². The van der Waals surface area contributed by atoms with E-state index >= 15 is 0 Å². The number of rotatable bonds is 3. The highest BCUT2D eigenvalue weighted by Gasteiger charge is 2.16. The maximum absolute atomic E-state index is 11.2. The number of aliphatic imine (C=N–C) groups is 2. The highest BCUT2D eigenvalue weighted by molar-refractivity contribution is 8.13. The molecule has 30 heavy (non-hydrogen) atoms. The molecule has 0 heterocycles. The average molecular weight is 451 g/mol. The number of nitrogens with two attached hydrogens (primary N) is 3. The first kappa shape index (κ1) is 33.0. The predicted octanol–water partition coefficient (Wildman–Crippen LogP) is 2.49. The zero-order valence-electron chi connectivity index (χ0n) is 20.0. The van der Waals surface area contributed by atoms with Crippen molar-refractivity contribution in [3.8, 4) is 0 Å². The van der Waals surface area contributed by atoms with Gasteiger partial charge in [-0.25, -0.2) is 9.59 Å². The third-order valence-electron chi connectivity index (χ3n) is 2.26. The largest absolute Gasteiger partial charge is 0.444 e. The topological polar surface area (TPSA) is 167 Å². The molecule has 0 atom stereocenters. The summed E-state index contributed by atoms with van der Waals surface area (Å²) >= 11 is 1.43. The quantitative estimate of drug-likeness (QED) is 0.375. The minimum atomic E-state index is -0.519. The number of thioether (sulfide) groups is 1. The SMILES string of the molecule is CC(=NCCN)NC(=O)OC(C)(C)C.CSC(C)=NC(=O)OC(C)(C)C.NCCN. The van der Waals surface area contributed by atoms with Crippen LogP contribution in [-0.2, 0) is 9.47 Å². The van der Waals surface area contributed by atoms with Gasteiger partial charge in [0.25, 0.3) is 0 Å². The van der Waals surface area contributed by atoms with E-state index in [4.69, 9.17) is 26.7 Å². The molecule has 0 aliphatic rings. The molecule has 0 saturated carbocycles. The van der Waals surface area contributed by atoms with Crippen LogP contribution in [-0.4, -0.2) is 66.7 Å². The highest BCUT2D eigenvalue weighted by Crippen LogP contribution is 2.09. The van der Waals surface area contributed by atoms with E-state index in [2.05, 4.69) is 15.3 Å². The second-order valence-corrected chi connectivity index (χ2v) is 8.77. The molecule has 11 heteroatoms. The van der Waals surface area contributed by atoms with Gasteiger partial charge < -0.3 is 26.7 Å². The van der Waals surface area contributed by atoms with Crippen molar-refractivity contribution >= 4 is 34.8 Å². The Labute approximate surface area is 185 Å². The molecule has 0 aromatic rings. The fraction of sp³-hybridized carbons (Fsp3) is 0.789. The molecule has 0 rings (SSSR count). The molecule has 2 amide bonds. The number of amides is 2. The molecule has 0 saturated heterocycles. The third-order valence-corrected chi connectivity index (χ3v) is 2.95. The number of amidine groups is 1. The van der Waals surface area contributed by atoms with Gasteiger partial charge in [0, 0.05) is 19.6 Å². The standard InChI is InChI=1S/C9H19N3O2.C8H15NO2S.C2H8N2/c1-7(11-6-5-10)12-8(13)14-9(2,3)4;1-6(12-5)9-7(10)11-8(2,3)4;3-1-2-4/h5-6,10H2,1-4H3,(H,11,12,13);1-5H3;1-4H2. The summed E-state index contributed by atoms with van der Waals surface area (Å²) in [6.07, 6.45) is 0.855. The summed E-state index contributed by atoms with van der Waals surface area (Å²) < 4.78 is 10.00. The number of nitrogens with one attached hydrogen (secondary N) is 1. The Morgan fingerprint density at radius 3 is 1.70 bits per heavy atom. The fourth-order valence-corrected chi connectivity index (χ4v) is 1.35. The first-order valence-electron chi connectivity index (χ1n) is 9.55. The third kappa shape index (κ3) is 31.0. The lowest BCUT2D eigenvalue weighted by atomic mass is 10.2. The molecular weight excluding hydrogens is 408 g/mol. The first-order valence-corrected chi connectivity index (χ1v) is 10.8. The van der Waals surface area contributed by atoms with Crippen molar-refractivity contribution in [3.63, 3.8) is 0 Å². The van der Waals surface area contributed by atoms with Crippen molar-refractivity contribution in [2.24, 2.45) is 27.2 Å². The molecular formula is C19H42N6O4S. The molecule has 0 aliphatic carbocycles. The lowest BCUT2D eigenvalue weighted by molar-refractivity contribution is 0.0559. The lowest BCUT2D eigenvalue weighted by Gasteiger charge is -2.19. The van der Waals surface area contributed by atoms with Crippen molar-refractivity contribution < 1.29 is 19.1 Å². The minimum Gasteiger partial charge on any atom is -0.444 e. The fourth-order valence-electron chi connectivity index (χ4n) is 1.18. The molecule has 10 nitrogen and oxygen atoms in total. The van der Waals surface area contributed by atoms with Crippen molar-refractivity contribution in [1.82, 2.24) is 5.32 Å². The van der Waals surface area contributed by atoms with E-state index in [9.17, 15) is 9.59 Å². The van der Waals surface area contributed by atoms with Gasteiger partial charge in [-0.05, 0) is 61.6 Å². The van der Waals surface area contributed by atoms with Crippen molar-refractivity contribution in [2.75, 3.05) is 32.4 Å². The summed E-state index contributed by atoms with van der Waals surface area (Å²) in [7, 11) is 0. The van der Waals surface area contributed by atoms with E-state index in [1.54, 1.807) is 34.6 Å². The van der Waals surface area contributed by atoms with E-state index in [-0.39, 0.29) is 0 Å². The van der Waals surface area contributed by atoms with Crippen molar-refractivity contribution in [3.05, 3.63) is 0 Å². The van der Waals surface area contributed by atoms with Crippen LogP contribution in [0, 0.1) is 0 Å². The molecule has 0 aliphatic heterocycles. The van der Waals surface area contributed by atoms with Crippen LogP contribution < -0.4 is 22.5 Å². The molecule has 178 valence electrons. The van der Waals surface area contributed by atoms with E-state index in [0.29, 0.717) is 37.1 Å². The summed E-state index contributed by atoms with van der Waals surface area (Å²) in [5, 5.41) is 3.22. The summed E-state index contributed by atoms with van der Waals surface area (Å²) in [6.45, 7) is 16.5. The number of hydrogen-bond acceptors (Lipinski definition) is 9. The van der Waals surface area contributed by atoms with Crippen LogP contribution in [0.2, 0.25) is 0 Å². The smallest absolute Gasteiger partial charge is 0.434 e. The first-order chi connectivity index (χ1) is 13.6. The molecule has 0 aromatic carbocycles.